The van der Waals surface area contributed by atoms with Gasteiger partial charge in [-0.1, -0.05) is 48.5 Å². The number of rotatable bonds is 6. The number of halogens is 1. The fourth-order valence-electron chi connectivity index (χ4n) is 3.28. The van der Waals surface area contributed by atoms with Gasteiger partial charge in [-0.25, -0.2) is 4.99 Å². The van der Waals surface area contributed by atoms with Gasteiger partial charge in [-0.15, -0.1) is 24.0 Å². The van der Waals surface area contributed by atoms with Crippen LogP contribution >= 0.6 is 24.0 Å². The molecule has 1 aliphatic heterocycles. The summed E-state index contributed by atoms with van der Waals surface area (Å²) in [6, 6.07) is 18.4. The van der Waals surface area contributed by atoms with E-state index in [-0.39, 0.29) is 29.9 Å². The Morgan fingerprint density at radius 2 is 1.82 bits per heavy atom. The number of aliphatic imine (C=N–C) groups is 1. The summed E-state index contributed by atoms with van der Waals surface area (Å²) in [6.45, 7) is 2.17. The zero-order valence-corrected chi connectivity index (χ0v) is 18.9. The molecule has 3 rings (SSSR count). The number of guanidine groups is 1. The number of benzene rings is 2. The van der Waals surface area contributed by atoms with Crippen molar-refractivity contribution >= 4 is 41.5 Å². The molecule has 1 aliphatic rings. The van der Waals surface area contributed by atoms with Gasteiger partial charge in [0.15, 0.2) is 5.96 Å². The lowest BCUT2D eigenvalue weighted by Gasteiger charge is -2.19. The van der Waals surface area contributed by atoms with Crippen LogP contribution < -0.4 is 10.2 Å². The standard InChI is InChI=1S/C22H28N4O.HI/c1-25(2)22(24-17-18-9-4-3-5-10-18)23-15-8-13-21(27)26-16-14-19-11-6-7-12-20(19)26;/h3-7,9-12H,8,13-17H2,1-2H3,(H,23,24);1H. The molecule has 0 atom stereocenters. The van der Waals surface area contributed by atoms with E-state index in [9.17, 15) is 4.79 Å². The van der Waals surface area contributed by atoms with E-state index in [4.69, 9.17) is 0 Å². The van der Waals surface area contributed by atoms with E-state index < -0.39 is 0 Å². The maximum absolute atomic E-state index is 12.6. The summed E-state index contributed by atoms with van der Waals surface area (Å²) >= 11 is 0. The number of carbonyl (C=O) groups excluding carboxylic acids is 1. The number of para-hydroxylation sites is 1. The molecule has 28 heavy (non-hydrogen) atoms. The van der Waals surface area contributed by atoms with E-state index in [0.717, 1.165) is 37.6 Å². The number of anilines is 1. The highest BCUT2D eigenvalue weighted by Gasteiger charge is 2.23. The highest BCUT2D eigenvalue weighted by Crippen LogP contribution is 2.27. The van der Waals surface area contributed by atoms with Crippen molar-refractivity contribution in [3.63, 3.8) is 0 Å². The lowest BCUT2D eigenvalue weighted by molar-refractivity contribution is -0.118. The van der Waals surface area contributed by atoms with E-state index in [2.05, 4.69) is 28.5 Å². The number of hydrogen-bond donors (Lipinski definition) is 1. The smallest absolute Gasteiger partial charge is 0.227 e. The first-order chi connectivity index (χ1) is 13.1. The third-order valence-electron chi connectivity index (χ3n) is 4.72. The Hall–Kier alpha value is -2.09. The summed E-state index contributed by atoms with van der Waals surface area (Å²) in [4.78, 5) is 21.1. The summed E-state index contributed by atoms with van der Waals surface area (Å²) in [5, 5.41) is 3.36. The van der Waals surface area contributed by atoms with Gasteiger partial charge in [0.1, 0.15) is 0 Å². The SMILES string of the molecule is CN(C)C(=NCc1ccccc1)NCCCC(=O)N1CCc2ccccc21.I. The van der Waals surface area contributed by atoms with Gasteiger partial charge in [0.2, 0.25) is 5.91 Å². The quantitative estimate of drug-likeness (QED) is 0.290. The maximum Gasteiger partial charge on any atom is 0.227 e. The average Bonchev–Trinajstić information content (AvgIpc) is 3.12. The third-order valence-corrected chi connectivity index (χ3v) is 4.72. The molecule has 0 fully saturated rings. The highest BCUT2D eigenvalue weighted by molar-refractivity contribution is 14.0. The topological polar surface area (TPSA) is 47.9 Å². The largest absolute Gasteiger partial charge is 0.356 e. The van der Waals surface area contributed by atoms with Crippen LogP contribution in [0, 0.1) is 0 Å². The first-order valence-electron chi connectivity index (χ1n) is 9.53. The zero-order chi connectivity index (χ0) is 19.1. The van der Waals surface area contributed by atoms with Crippen LogP contribution in [0.4, 0.5) is 5.69 Å². The predicted octanol–water partition coefficient (Wildman–Crippen LogP) is 3.68. The molecule has 0 aliphatic carbocycles. The minimum absolute atomic E-state index is 0. The normalized spacial score (nSPS) is 12.9. The second-order valence-corrected chi connectivity index (χ2v) is 6.97. The second kappa shape index (κ2) is 11.0. The minimum atomic E-state index is 0. The third kappa shape index (κ3) is 5.95. The molecule has 6 heteroatoms. The molecule has 0 spiro atoms. The van der Waals surface area contributed by atoms with Crippen molar-refractivity contribution in [1.29, 1.82) is 0 Å². The van der Waals surface area contributed by atoms with E-state index in [0.29, 0.717) is 13.0 Å². The highest BCUT2D eigenvalue weighted by atomic mass is 127. The fraction of sp³-hybridized carbons (Fsp3) is 0.364. The van der Waals surface area contributed by atoms with E-state index in [1.54, 1.807) is 0 Å². The van der Waals surface area contributed by atoms with Crippen molar-refractivity contribution in [3.05, 3.63) is 65.7 Å². The van der Waals surface area contributed by atoms with Gasteiger partial charge in [-0.3, -0.25) is 4.79 Å². The molecular formula is C22H29IN4O. The second-order valence-electron chi connectivity index (χ2n) is 6.97. The molecule has 0 saturated heterocycles. The van der Waals surface area contributed by atoms with Crippen LogP contribution in [0.3, 0.4) is 0 Å². The molecule has 0 saturated carbocycles. The Labute approximate surface area is 184 Å². The first kappa shape index (κ1) is 22.2. The van der Waals surface area contributed by atoms with Crippen molar-refractivity contribution in [2.45, 2.75) is 25.8 Å². The summed E-state index contributed by atoms with van der Waals surface area (Å²) in [6.07, 6.45) is 2.29. The lowest BCUT2D eigenvalue weighted by atomic mass is 10.2. The van der Waals surface area contributed by atoms with Crippen molar-refractivity contribution in [2.75, 3.05) is 32.1 Å². The summed E-state index contributed by atoms with van der Waals surface area (Å²) in [5.74, 6) is 1.05. The molecule has 5 nitrogen and oxygen atoms in total. The Balaban J connectivity index is 0.00000280. The molecule has 2 aromatic rings. The Bertz CT molecular complexity index is 792. The van der Waals surface area contributed by atoms with Gasteiger partial charge < -0.3 is 15.1 Å². The number of nitrogens with one attached hydrogen (secondary N) is 1. The van der Waals surface area contributed by atoms with Crippen LogP contribution in [0.1, 0.15) is 24.0 Å². The van der Waals surface area contributed by atoms with Gasteiger partial charge in [-0.05, 0) is 30.0 Å². The molecule has 1 N–H and O–H groups in total. The van der Waals surface area contributed by atoms with Gasteiger partial charge in [-0.2, -0.15) is 0 Å². The van der Waals surface area contributed by atoms with E-state index >= 15 is 0 Å². The fourth-order valence-corrected chi connectivity index (χ4v) is 3.28. The summed E-state index contributed by atoms with van der Waals surface area (Å²) in [5.41, 5.74) is 3.53. The van der Waals surface area contributed by atoms with E-state index in [1.165, 1.54) is 11.1 Å². The molecule has 0 radical (unpaired) electrons. The molecule has 1 amide bonds. The van der Waals surface area contributed by atoms with Crippen molar-refractivity contribution in [2.24, 2.45) is 4.99 Å². The molecule has 1 heterocycles. The van der Waals surface area contributed by atoms with Gasteiger partial charge in [0.25, 0.3) is 0 Å². The summed E-state index contributed by atoms with van der Waals surface area (Å²) in [7, 11) is 3.95. The van der Waals surface area contributed by atoms with Crippen LogP contribution in [-0.2, 0) is 17.8 Å². The average molecular weight is 492 g/mol. The van der Waals surface area contributed by atoms with Gasteiger partial charge in [0, 0.05) is 39.3 Å². The van der Waals surface area contributed by atoms with Crippen LogP contribution in [0.15, 0.2) is 59.6 Å². The molecule has 0 bridgehead atoms. The van der Waals surface area contributed by atoms with Crippen LogP contribution in [0.2, 0.25) is 0 Å². The Kier molecular flexibility index (Phi) is 8.76. The summed E-state index contributed by atoms with van der Waals surface area (Å²) < 4.78 is 0. The molecule has 2 aromatic carbocycles. The van der Waals surface area contributed by atoms with Crippen LogP contribution in [-0.4, -0.2) is 44.0 Å². The van der Waals surface area contributed by atoms with Crippen molar-refractivity contribution in [1.82, 2.24) is 10.2 Å². The lowest BCUT2D eigenvalue weighted by Crippen LogP contribution is -2.37. The molecule has 0 aromatic heterocycles. The van der Waals surface area contributed by atoms with Crippen molar-refractivity contribution < 1.29 is 4.79 Å². The molecular weight excluding hydrogens is 463 g/mol. The Morgan fingerprint density at radius 3 is 2.57 bits per heavy atom. The molecule has 0 unspecified atom stereocenters. The number of carbonyl (C=O) groups is 1. The Morgan fingerprint density at radius 1 is 1.11 bits per heavy atom. The zero-order valence-electron chi connectivity index (χ0n) is 16.6. The number of amides is 1. The number of nitrogens with zero attached hydrogens (tertiary/aromatic N) is 3. The first-order valence-corrected chi connectivity index (χ1v) is 9.53. The number of hydrogen-bond acceptors (Lipinski definition) is 2. The molecule has 150 valence electrons. The van der Waals surface area contributed by atoms with Gasteiger partial charge >= 0.3 is 0 Å². The predicted molar refractivity (Wildman–Crippen MR) is 126 cm³/mol. The minimum Gasteiger partial charge on any atom is -0.356 e. The van der Waals surface area contributed by atoms with Gasteiger partial charge in [0.05, 0.1) is 6.54 Å². The maximum atomic E-state index is 12.6. The number of fused-ring (bicyclic) bond motifs is 1. The van der Waals surface area contributed by atoms with Crippen molar-refractivity contribution in [3.8, 4) is 0 Å². The van der Waals surface area contributed by atoms with Crippen LogP contribution in [0.25, 0.3) is 0 Å². The van der Waals surface area contributed by atoms with E-state index in [1.807, 2.05) is 60.3 Å². The monoisotopic (exact) mass is 492 g/mol. The van der Waals surface area contributed by atoms with Crippen LogP contribution in [0.5, 0.6) is 0 Å².